The van der Waals surface area contributed by atoms with E-state index >= 15 is 0 Å². The molecule has 0 aliphatic carbocycles. The number of pyridine rings is 1. The minimum atomic E-state index is -0.465. The van der Waals surface area contributed by atoms with Crippen LogP contribution in [0, 0.1) is 0 Å². The molecule has 0 bridgehead atoms. The summed E-state index contributed by atoms with van der Waals surface area (Å²) in [6, 6.07) is 14.7. The number of benzene rings is 2. The number of nitrogens with zero attached hydrogens (tertiary/aromatic N) is 1. The largest absolute Gasteiger partial charge is 0.497 e. The highest BCUT2D eigenvalue weighted by atomic mass is 16.6. The first-order chi connectivity index (χ1) is 13.2. The summed E-state index contributed by atoms with van der Waals surface area (Å²) in [5, 5.41) is 1.80. The molecular formula is C20H17N3O4. The molecule has 0 atom stereocenters. The first kappa shape index (κ1) is 16.9. The topological polar surface area (TPSA) is 85.5 Å². The van der Waals surface area contributed by atoms with Gasteiger partial charge in [-0.15, -0.1) is 0 Å². The summed E-state index contributed by atoms with van der Waals surface area (Å²) in [4.78, 5) is 24.4. The molecule has 2 aromatic heterocycles. The molecule has 2 N–H and O–H groups in total. The van der Waals surface area contributed by atoms with Crippen molar-refractivity contribution in [2.75, 3.05) is 14.2 Å². The molecule has 7 heteroatoms. The van der Waals surface area contributed by atoms with Crippen molar-refractivity contribution in [3.8, 4) is 17.2 Å². The summed E-state index contributed by atoms with van der Waals surface area (Å²) >= 11 is 0. The molecule has 0 aliphatic rings. The van der Waals surface area contributed by atoms with E-state index in [1.54, 1.807) is 19.2 Å². The molecule has 4 aromatic rings. The van der Waals surface area contributed by atoms with Gasteiger partial charge in [-0.3, -0.25) is 9.63 Å². The maximum atomic E-state index is 12.2. The van der Waals surface area contributed by atoms with Gasteiger partial charge in [-0.1, -0.05) is 0 Å². The number of hydroxylamine groups is 1. The highest BCUT2D eigenvalue weighted by Gasteiger charge is 2.14. The first-order valence-electron chi connectivity index (χ1n) is 8.25. The number of hydrogen-bond donors (Lipinski definition) is 2. The highest BCUT2D eigenvalue weighted by Crippen LogP contribution is 2.33. The highest BCUT2D eigenvalue weighted by molar-refractivity contribution is 5.97. The van der Waals surface area contributed by atoms with Crippen LogP contribution in [0.2, 0.25) is 0 Å². The van der Waals surface area contributed by atoms with E-state index in [0.29, 0.717) is 22.8 Å². The van der Waals surface area contributed by atoms with E-state index in [-0.39, 0.29) is 5.69 Å². The molecule has 0 unspecified atom stereocenters. The van der Waals surface area contributed by atoms with E-state index in [2.05, 4.69) is 15.4 Å². The lowest BCUT2D eigenvalue weighted by Crippen LogP contribution is -2.22. The SMILES string of the molecule is CONC(=O)c1cc(Oc2ccc3[nH]ccc3c2)c2ccc(OC)cc2n1. The Bertz CT molecular complexity index is 1140. The number of H-pyrrole nitrogens is 1. The maximum Gasteiger partial charge on any atom is 0.293 e. The van der Waals surface area contributed by atoms with Gasteiger partial charge in [0, 0.05) is 34.6 Å². The van der Waals surface area contributed by atoms with Gasteiger partial charge in [0.15, 0.2) is 0 Å². The van der Waals surface area contributed by atoms with Gasteiger partial charge in [-0.25, -0.2) is 10.5 Å². The normalized spacial score (nSPS) is 10.9. The Morgan fingerprint density at radius 2 is 1.89 bits per heavy atom. The van der Waals surface area contributed by atoms with Crippen molar-refractivity contribution >= 4 is 27.7 Å². The number of amides is 1. The first-order valence-corrected chi connectivity index (χ1v) is 8.25. The number of carbonyl (C=O) groups is 1. The molecule has 0 spiro atoms. The average Bonchev–Trinajstić information content (AvgIpc) is 3.15. The zero-order chi connectivity index (χ0) is 18.8. The molecule has 2 aromatic carbocycles. The van der Waals surface area contributed by atoms with Crippen molar-refractivity contribution in [3.05, 3.63) is 60.4 Å². The predicted octanol–water partition coefficient (Wildman–Crippen LogP) is 3.81. The summed E-state index contributed by atoms with van der Waals surface area (Å²) in [5.41, 5.74) is 4.05. The van der Waals surface area contributed by atoms with Crippen molar-refractivity contribution in [1.29, 1.82) is 0 Å². The summed E-state index contributed by atoms with van der Waals surface area (Å²) in [7, 11) is 2.94. The standard InChI is InChI=1S/C20H17N3O4/c1-25-13-3-5-15-17(10-13)22-18(20(24)23-26-2)11-19(15)27-14-4-6-16-12(9-14)7-8-21-16/h3-11,21H,1-2H3,(H,23,24). The number of ether oxygens (including phenoxy) is 2. The van der Waals surface area contributed by atoms with Crippen molar-refractivity contribution in [1.82, 2.24) is 15.4 Å². The van der Waals surface area contributed by atoms with Crippen molar-refractivity contribution in [2.24, 2.45) is 0 Å². The van der Waals surface area contributed by atoms with Crippen LogP contribution in [0.3, 0.4) is 0 Å². The Morgan fingerprint density at radius 1 is 1.04 bits per heavy atom. The fourth-order valence-corrected chi connectivity index (χ4v) is 2.87. The second-order valence-electron chi connectivity index (χ2n) is 5.85. The molecule has 0 fully saturated rings. The summed E-state index contributed by atoms with van der Waals surface area (Å²) in [6.45, 7) is 0. The zero-order valence-corrected chi connectivity index (χ0v) is 14.8. The van der Waals surface area contributed by atoms with Gasteiger partial charge in [0.05, 0.1) is 19.7 Å². The monoisotopic (exact) mass is 363 g/mol. The maximum absolute atomic E-state index is 12.2. The van der Waals surface area contributed by atoms with Crippen molar-refractivity contribution in [3.63, 3.8) is 0 Å². The molecule has 0 radical (unpaired) electrons. The Balaban J connectivity index is 1.82. The van der Waals surface area contributed by atoms with Crippen LogP contribution in [-0.4, -0.2) is 30.1 Å². The molecule has 0 saturated carbocycles. The van der Waals surface area contributed by atoms with Crippen molar-refractivity contribution < 1.29 is 19.1 Å². The zero-order valence-electron chi connectivity index (χ0n) is 14.8. The Kier molecular flexibility index (Phi) is 4.35. The number of aromatic nitrogens is 2. The molecule has 0 saturated heterocycles. The lowest BCUT2D eigenvalue weighted by Gasteiger charge is -2.12. The molecule has 4 rings (SSSR count). The lowest BCUT2D eigenvalue weighted by atomic mass is 10.1. The third-order valence-electron chi connectivity index (χ3n) is 4.16. The molecule has 7 nitrogen and oxygen atoms in total. The van der Waals surface area contributed by atoms with E-state index in [1.165, 1.54) is 7.11 Å². The van der Waals surface area contributed by atoms with Crippen LogP contribution in [0.25, 0.3) is 21.8 Å². The minimum Gasteiger partial charge on any atom is -0.497 e. The third kappa shape index (κ3) is 3.28. The number of rotatable bonds is 5. The fraction of sp³-hybridized carbons (Fsp3) is 0.100. The average molecular weight is 363 g/mol. The summed E-state index contributed by atoms with van der Waals surface area (Å²) in [6.07, 6.45) is 1.87. The number of carbonyl (C=O) groups excluding carboxylic acids is 1. The van der Waals surface area contributed by atoms with Crippen LogP contribution in [0.15, 0.2) is 54.7 Å². The quantitative estimate of drug-likeness (QED) is 0.527. The smallest absolute Gasteiger partial charge is 0.293 e. The van der Waals surface area contributed by atoms with Gasteiger partial charge in [0.1, 0.15) is 22.9 Å². The second kappa shape index (κ2) is 6.97. The number of methoxy groups -OCH3 is 1. The Hall–Kier alpha value is -3.58. The van der Waals surface area contributed by atoms with E-state index < -0.39 is 5.91 Å². The number of aromatic amines is 1. The molecule has 2 heterocycles. The van der Waals surface area contributed by atoms with Crippen LogP contribution in [0.1, 0.15) is 10.5 Å². The fourth-order valence-electron chi connectivity index (χ4n) is 2.87. The number of nitrogens with one attached hydrogen (secondary N) is 2. The van der Waals surface area contributed by atoms with Gasteiger partial charge < -0.3 is 14.5 Å². The van der Waals surface area contributed by atoms with Crippen molar-refractivity contribution in [2.45, 2.75) is 0 Å². The van der Waals surface area contributed by atoms with Gasteiger partial charge >= 0.3 is 0 Å². The van der Waals surface area contributed by atoms with Gasteiger partial charge in [0.25, 0.3) is 5.91 Å². The van der Waals surface area contributed by atoms with Crippen LogP contribution < -0.4 is 15.0 Å². The number of fused-ring (bicyclic) bond motifs is 2. The lowest BCUT2D eigenvalue weighted by molar-refractivity contribution is 0.0532. The number of hydrogen-bond acceptors (Lipinski definition) is 5. The third-order valence-corrected chi connectivity index (χ3v) is 4.16. The van der Waals surface area contributed by atoms with Crippen LogP contribution in [-0.2, 0) is 4.84 Å². The molecular weight excluding hydrogens is 346 g/mol. The van der Waals surface area contributed by atoms with E-state index in [1.807, 2.05) is 42.6 Å². The van der Waals surface area contributed by atoms with Crippen LogP contribution >= 0.6 is 0 Å². The van der Waals surface area contributed by atoms with E-state index in [9.17, 15) is 4.79 Å². The molecule has 1 amide bonds. The Labute approximate surface area is 154 Å². The van der Waals surface area contributed by atoms with Crippen LogP contribution in [0.5, 0.6) is 17.2 Å². The van der Waals surface area contributed by atoms with Gasteiger partial charge in [-0.05, 0) is 36.4 Å². The molecule has 136 valence electrons. The molecule has 0 aliphatic heterocycles. The predicted molar refractivity (Wildman–Crippen MR) is 101 cm³/mol. The Morgan fingerprint density at radius 3 is 2.70 bits per heavy atom. The molecule has 27 heavy (non-hydrogen) atoms. The summed E-state index contributed by atoms with van der Waals surface area (Å²) < 4.78 is 11.4. The van der Waals surface area contributed by atoms with E-state index in [0.717, 1.165) is 16.3 Å². The second-order valence-corrected chi connectivity index (χ2v) is 5.85. The minimum absolute atomic E-state index is 0.176. The van der Waals surface area contributed by atoms with Gasteiger partial charge in [-0.2, -0.15) is 0 Å². The van der Waals surface area contributed by atoms with Crippen LogP contribution in [0.4, 0.5) is 0 Å². The summed E-state index contributed by atoms with van der Waals surface area (Å²) in [5.74, 6) is 1.34. The van der Waals surface area contributed by atoms with E-state index in [4.69, 9.17) is 14.3 Å². The van der Waals surface area contributed by atoms with Gasteiger partial charge in [0.2, 0.25) is 0 Å².